The number of ether oxygens (including phenoxy) is 2. The van der Waals surface area contributed by atoms with Gasteiger partial charge in [0, 0.05) is 24.7 Å². The Morgan fingerprint density at radius 1 is 1.08 bits per heavy atom. The van der Waals surface area contributed by atoms with Gasteiger partial charge in [-0.05, 0) is 25.0 Å². The summed E-state index contributed by atoms with van der Waals surface area (Å²) < 4.78 is 10.5. The SMILES string of the molecule is O=C(CCN1C(=O)[C@H]2CC=CC[C@@H]2C1=O)Nc1ccc2c(c1)OCO2. The number of nitrogens with zero attached hydrogens (tertiary/aromatic N) is 1. The summed E-state index contributed by atoms with van der Waals surface area (Å²) in [5, 5.41) is 2.75. The first kappa shape index (κ1) is 15.7. The number of carbonyl (C=O) groups is 3. The molecular formula is C18H18N2O5. The number of hydrogen-bond donors (Lipinski definition) is 1. The molecule has 3 aliphatic rings. The van der Waals surface area contributed by atoms with Crippen LogP contribution in [0.2, 0.25) is 0 Å². The molecule has 1 aromatic rings. The van der Waals surface area contributed by atoms with Crippen molar-refractivity contribution in [2.24, 2.45) is 11.8 Å². The third-order valence-corrected chi connectivity index (χ3v) is 4.82. The van der Waals surface area contributed by atoms with Crippen LogP contribution < -0.4 is 14.8 Å². The number of amides is 3. The molecule has 1 saturated heterocycles. The molecule has 1 N–H and O–H groups in total. The van der Waals surface area contributed by atoms with E-state index in [0.717, 1.165) is 0 Å². The van der Waals surface area contributed by atoms with Crippen molar-refractivity contribution in [1.29, 1.82) is 0 Å². The zero-order valence-corrected chi connectivity index (χ0v) is 13.6. The average Bonchev–Trinajstić information content (AvgIpc) is 3.17. The lowest BCUT2D eigenvalue weighted by Crippen LogP contribution is -2.34. The van der Waals surface area contributed by atoms with E-state index >= 15 is 0 Å². The highest BCUT2D eigenvalue weighted by Gasteiger charge is 2.46. The molecule has 25 heavy (non-hydrogen) atoms. The van der Waals surface area contributed by atoms with E-state index in [-0.39, 0.29) is 49.3 Å². The van der Waals surface area contributed by atoms with Gasteiger partial charge in [0.15, 0.2) is 11.5 Å². The van der Waals surface area contributed by atoms with Gasteiger partial charge in [-0.3, -0.25) is 19.3 Å². The largest absolute Gasteiger partial charge is 0.454 e. The van der Waals surface area contributed by atoms with Gasteiger partial charge in [0.2, 0.25) is 24.5 Å². The predicted molar refractivity (Wildman–Crippen MR) is 87.9 cm³/mol. The highest BCUT2D eigenvalue weighted by atomic mass is 16.7. The van der Waals surface area contributed by atoms with Gasteiger partial charge in [-0.2, -0.15) is 0 Å². The maximum atomic E-state index is 12.4. The van der Waals surface area contributed by atoms with E-state index in [2.05, 4.69) is 5.32 Å². The van der Waals surface area contributed by atoms with Crippen LogP contribution in [-0.2, 0) is 14.4 Å². The molecule has 0 bridgehead atoms. The molecule has 2 aliphatic heterocycles. The van der Waals surface area contributed by atoms with Crippen LogP contribution in [0.1, 0.15) is 19.3 Å². The molecule has 2 atom stereocenters. The number of allylic oxidation sites excluding steroid dienone is 2. The zero-order chi connectivity index (χ0) is 17.4. The Morgan fingerprint density at radius 2 is 1.76 bits per heavy atom. The van der Waals surface area contributed by atoms with Crippen molar-refractivity contribution < 1.29 is 23.9 Å². The van der Waals surface area contributed by atoms with E-state index in [4.69, 9.17) is 9.47 Å². The quantitative estimate of drug-likeness (QED) is 0.665. The van der Waals surface area contributed by atoms with Gasteiger partial charge in [-0.25, -0.2) is 0 Å². The Morgan fingerprint density at radius 3 is 2.48 bits per heavy atom. The number of anilines is 1. The van der Waals surface area contributed by atoms with Crippen molar-refractivity contribution in [2.45, 2.75) is 19.3 Å². The van der Waals surface area contributed by atoms with Crippen LogP contribution in [0.5, 0.6) is 11.5 Å². The van der Waals surface area contributed by atoms with Crippen molar-refractivity contribution in [3.63, 3.8) is 0 Å². The smallest absolute Gasteiger partial charge is 0.233 e. The van der Waals surface area contributed by atoms with Crippen LogP contribution in [0.15, 0.2) is 30.4 Å². The van der Waals surface area contributed by atoms with Gasteiger partial charge in [-0.1, -0.05) is 12.2 Å². The summed E-state index contributed by atoms with van der Waals surface area (Å²) in [4.78, 5) is 38.1. The first-order valence-corrected chi connectivity index (χ1v) is 8.33. The molecule has 1 aliphatic carbocycles. The lowest BCUT2D eigenvalue weighted by molar-refractivity contribution is -0.140. The Kier molecular flexibility index (Phi) is 3.91. The molecule has 0 unspecified atom stereocenters. The molecule has 4 rings (SSSR count). The summed E-state index contributed by atoms with van der Waals surface area (Å²) in [6.07, 6.45) is 5.17. The second-order valence-corrected chi connectivity index (χ2v) is 6.35. The molecular weight excluding hydrogens is 324 g/mol. The molecule has 3 amide bonds. The van der Waals surface area contributed by atoms with Gasteiger partial charge in [-0.15, -0.1) is 0 Å². The number of carbonyl (C=O) groups excluding carboxylic acids is 3. The van der Waals surface area contributed by atoms with Crippen LogP contribution in [0.4, 0.5) is 5.69 Å². The summed E-state index contributed by atoms with van der Waals surface area (Å²) in [6.45, 7) is 0.282. The standard InChI is InChI=1S/C18H18N2O5/c21-16(19-11-5-6-14-15(9-11)25-10-24-14)7-8-20-17(22)12-3-1-2-4-13(12)18(20)23/h1-2,5-6,9,12-13H,3-4,7-8,10H2,(H,19,21)/t12-,13-/m0/s1. The van der Waals surface area contributed by atoms with Gasteiger partial charge < -0.3 is 14.8 Å². The van der Waals surface area contributed by atoms with Crippen LogP contribution in [0.3, 0.4) is 0 Å². The summed E-state index contributed by atoms with van der Waals surface area (Å²) >= 11 is 0. The van der Waals surface area contributed by atoms with E-state index in [1.54, 1.807) is 18.2 Å². The lowest BCUT2D eigenvalue weighted by Gasteiger charge is -2.14. The van der Waals surface area contributed by atoms with Crippen LogP contribution >= 0.6 is 0 Å². The molecule has 7 heteroatoms. The first-order valence-electron chi connectivity index (χ1n) is 8.33. The third kappa shape index (κ3) is 2.86. The topological polar surface area (TPSA) is 84.9 Å². The fourth-order valence-corrected chi connectivity index (χ4v) is 3.50. The Bertz CT molecular complexity index is 747. The minimum Gasteiger partial charge on any atom is -0.454 e. The summed E-state index contributed by atoms with van der Waals surface area (Å²) in [7, 11) is 0. The zero-order valence-electron chi connectivity index (χ0n) is 13.6. The van der Waals surface area contributed by atoms with Crippen molar-refractivity contribution >= 4 is 23.4 Å². The van der Waals surface area contributed by atoms with Crippen molar-refractivity contribution in [2.75, 3.05) is 18.7 Å². The molecule has 0 radical (unpaired) electrons. The second-order valence-electron chi connectivity index (χ2n) is 6.35. The Hall–Kier alpha value is -2.83. The van der Waals surface area contributed by atoms with Gasteiger partial charge in [0.1, 0.15) is 0 Å². The molecule has 0 saturated carbocycles. The number of hydrogen-bond acceptors (Lipinski definition) is 5. The molecule has 1 fully saturated rings. The van der Waals surface area contributed by atoms with Gasteiger partial charge in [0.05, 0.1) is 11.8 Å². The maximum absolute atomic E-state index is 12.4. The van der Waals surface area contributed by atoms with Gasteiger partial charge in [0.25, 0.3) is 0 Å². The number of rotatable bonds is 4. The maximum Gasteiger partial charge on any atom is 0.233 e. The molecule has 2 heterocycles. The van der Waals surface area contributed by atoms with Crippen LogP contribution in [0.25, 0.3) is 0 Å². The minimum absolute atomic E-state index is 0.0682. The molecule has 1 aromatic carbocycles. The van der Waals surface area contributed by atoms with Crippen molar-refractivity contribution in [3.05, 3.63) is 30.4 Å². The average molecular weight is 342 g/mol. The van der Waals surface area contributed by atoms with Crippen molar-refractivity contribution in [1.82, 2.24) is 4.90 Å². The van der Waals surface area contributed by atoms with E-state index in [0.29, 0.717) is 30.0 Å². The fraction of sp³-hybridized carbons (Fsp3) is 0.389. The summed E-state index contributed by atoms with van der Waals surface area (Å²) in [5.74, 6) is 0.142. The highest BCUT2D eigenvalue weighted by Crippen LogP contribution is 2.35. The summed E-state index contributed by atoms with van der Waals surface area (Å²) in [5.41, 5.74) is 0.589. The van der Waals surface area contributed by atoms with E-state index in [1.165, 1.54) is 4.90 Å². The highest BCUT2D eigenvalue weighted by molar-refractivity contribution is 6.05. The van der Waals surface area contributed by atoms with Crippen molar-refractivity contribution in [3.8, 4) is 11.5 Å². The van der Waals surface area contributed by atoms with E-state index in [1.807, 2.05) is 12.2 Å². The van der Waals surface area contributed by atoms with E-state index in [9.17, 15) is 14.4 Å². The van der Waals surface area contributed by atoms with Gasteiger partial charge >= 0.3 is 0 Å². The number of benzene rings is 1. The monoisotopic (exact) mass is 342 g/mol. The molecule has 7 nitrogen and oxygen atoms in total. The normalized spacial score (nSPS) is 23.8. The van der Waals surface area contributed by atoms with Crippen LogP contribution in [0, 0.1) is 11.8 Å². The first-order chi connectivity index (χ1) is 12.1. The molecule has 130 valence electrons. The lowest BCUT2D eigenvalue weighted by atomic mass is 9.85. The minimum atomic E-state index is -0.257. The summed E-state index contributed by atoms with van der Waals surface area (Å²) in [6, 6.07) is 5.13. The second kappa shape index (κ2) is 6.23. The fourth-order valence-electron chi connectivity index (χ4n) is 3.50. The number of fused-ring (bicyclic) bond motifs is 2. The number of nitrogens with one attached hydrogen (secondary N) is 1. The Balaban J connectivity index is 1.34. The predicted octanol–water partition coefficient (Wildman–Crippen LogP) is 1.70. The molecule has 0 aromatic heterocycles. The van der Waals surface area contributed by atoms with Crippen LogP contribution in [-0.4, -0.2) is 36.0 Å². The van der Waals surface area contributed by atoms with E-state index < -0.39 is 0 Å². The molecule has 0 spiro atoms. The number of likely N-dealkylation sites (tertiary alicyclic amines) is 1. The Labute approximate surface area is 144 Å². The number of imide groups is 1. The third-order valence-electron chi connectivity index (χ3n) is 4.82.